The lowest BCUT2D eigenvalue weighted by Gasteiger charge is -2.32. The van der Waals surface area contributed by atoms with Crippen molar-refractivity contribution in [2.45, 2.75) is 39.0 Å². The van der Waals surface area contributed by atoms with Gasteiger partial charge in [-0.25, -0.2) is 4.79 Å². The third-order valence-electron chi connectivity index (χ3n) is 4.42. The molecule has 2 heterocycles. The molecule has 1 aromatic rings. The van der Waals surface area contributed by atoms with E-state index >= 15 is 0 Å². The summed E-state index contributed by atoms with van der Waals surface area (Å²) in [5, 5.41) is 0. The average Bonchev–Trinajstić information content (AvgIpc) is 2.77. The Morgan fingerprint density at radius 3 is 2.62 bits per heavy atom. The van der Waals surface area contributed by atoms with Crippen LogP contribution < -0.4 is 0 Å². The van der Waals surface area contributed by atoms with Crippen molar-refractivity contribution in [1.29, 1.82) is 0 Å². The molecule has 5 heteroatoms. The maximum Gasteiger partial charge on any atom is 0.410 e. The van der Waals surface area contributed by atoms with Crippen LogP contribution in [0.5, 0.6) is 0 Å². The first-order chi connectivity index (χ1) is 11.4. The fraction of sp³-hybridized carbons (Fsp3) is 0.632. The van der Waals surface area contributed by atoms with E-state index in [1.807, 2.05) is 31.7 Å². The van der Waals surface area contributed by atoms with Crippen LogP contribution in [-0.2, 0) is 16.0 Å². The third-order valence-corrected chi connectivity index (χ3v) is 4.42. The average molecular weight is 332 g/mol. The van der Waals surface area contributed by atoms with Gasteiger partial charge in [0.25, 0.3) is 0 Å². The Kier molecular flexibility index (Phi) is 5.11. The highest BCUT2D eigenvalue weighted by atomic mass is 16.6. The number of carbonyl (C=O) groups excluding carboxylic acids is 1. The Bertz CT molecular complexity index is 555. The second-order valence-electron chi connectivity index (χ2n) is 7.87. The van der Waals surface area contributed by atoms with Crippen molar-refractivity contribution in [3.8, 4) is 0 Å². The molecule has 2 saturated heterocycles. The minimum atomic E-state index is -0.470. The van der Waals surface area contributed by atoms with Crippen molar-refractivity contribution in [3.05, 3.63) is 35.9 Å². The Labute approximate surface area is 144 Å². The van der Waals surface area contributed by atoms with Crippen LogP contribution in [-0.4, -0.2) is 60.4 Å². The van der Waals surface area contributed by atoms with E-state index in [0.717, 1.165) is 19.6 Å². The predicted octanol–water partition coefficient (Wildman–Crippen LogP) is 2.75. The van der Waals surface area contributed by atoms with Gasteiger partial charge in [-0.1, -0.05) is 30.3 Å². The van der Waals surface area contributed by atoms with Gasteiger partial charge in [0, 0.05) is 32.1 Å². The second-order valence-corrected chi connectivity index (χ2v) is 7.87. The number of carbonyl (C=O) groups is 1. The number of hydrogen-bond acceptors (Lipinski definition) is 4. The van der Waals surface area contributed by atoms with Gasteiger partial charge in [0.05, 0.1) is 19.3 Å². The molecule has 0 N–H and O–H groups in total. The van der Waals surface area contributed by atoms with Crippen LogP contribution >= 0.6 is 0 Å². The molecule has 1 amide bonds. The molecule has 132 valence electrons. The molecule has 2 unspecified atom stereocenters. The Hall–Kier alpha value is -1.59. The van der Waals surface area contributed by atoms with Crippen LogP contribution in [0.15, 0.2) is 30.3 Å². The van der Waals surface area contributed by atoms with Crippen molar-refractivity contribution in [2.24, 2.45) is 5.92 Å². The van der Waals surface area contributed by atoms with Gasteiger partial charge >= 0.3 is 6.09 Å². The number of amides is 1. The molecule has 0 spiro atoms. The smallest absolute Gasteiger partial charge is 0.410 e. The number of nitrogens with zero attached hydrogens (tertiary/aromatic N) is 2. The minimum absolute atomic E-state index is 0.0519. The predicted molar refractivity (Wildman–Crippen MR) is 92.8 cm³/mol. The summed E-state index contributed by atoms with van der Waals surface area (Å²) in [5.41, 5.74) is 0.837. The molecule has 2 aliphatic rings. The monoisotopic (exact) mass is 332 g/mol. The molecule has 2 atom stereocenters. The summed E-state index contributed by atoms with van der Waals surface area (Å²) in [7, 11) is 0. The van der Waals surface area contributed by atoms with Crippen LogP contribution in [0.2, 0.25) is 0 Å². The molecule has 0 aliphatic carbocycles. The van der Waals surface area contributed by atoms with E-state index in [4.69, 9.17) is 9.47 Å². The lowest BCUT2D eigenvalue weighted by atomic mass is 10.1. The van der Waals surface area contributed by atoms with Crippen molar-refractivity contribution in [2.75, 3.05) is 32.8 Å². The number of hydrogen-bond donors (Lipinski definition) is 0. The summed E-state index contributed by atoms with van der Waals surface area (Å²) in [6, 6.07) is 10.6. The molecule has 2 aliphatic heterocycles. The minimum Gasteiger partial charge on any atom is -0.444 e. The zero-order valence-corrected chi connectivity index (χ0v) is 14.9. The summed E-state index contributed by atoms with van der Waals surface area (Å²) in [4.78, 5) is 16.9. The number of rotatable bonds is 2. The van der Waals surface area contributed by atoms with E-state index in [9.17, 15) is 4.79 Å². The largest absolute Gasteiger partial charge is 0.444 e. The quantitative estimate of drug-likeness (QED) is 0.835. The van der Waals surface area contributed by atoms with Crippen molar-refractivity contribution in [1.82, 2.24) is 9.80 Å². The third kappa shape index (κ3) is 4.48. The van der Waals surface area contributed by atoms with Crippen molar-refractivity contribution in [3.63, 3.8) is 0 Å². The van der Waals surface area contributed by atoms with Gasteiger partial charge in [0.15, 0.2) is 0 Å². The highest BCUT2D eigenvalue weighted by molar-refractivity contribution is 5.68. The van der Waals surface area contributed by atoms with Crippen molar-refractivity contribution >= 4 is 6.09 Å². The number of benzene rings is 1. The van der Waals surface area contributed by atoms with Gasteiger partial charge in [0.2, 0.25) is 0 Å². The summed E-state index contributed by atoms with van der Waals surface area (Å²) < 4.78 is 11.4. The molecule has 1 aromatic carbocycles. The van der Waals surface area contributed by atoms with E-state index < -0.39 is 5.60 Å². The maximum absolute atomic E-state index is 12.6. The molecule has 2 fully saturated rings. The zero-order valence-electron chi connectivity index (χ0n) is 14.9. The van der Waals surface area contributed by atoms with Crippen LogP contribution in [0, 0.1) is 5.92 Å². The van der Waals surface area contributed by atoms with Gasteiger partial charge in [-0.15, -0.1) is 0 Å². The zero-order chi connectivity index (χ0) is 17.2. The highest BCUT2D eigenvalue weighted by Gasteiger charge is 2.37. The standard InChI is InChI=1S/C19H28N2O3/c1-19(2,3)24-18(22)21-11-16-10-20(12-17(21)14-23-13-16)9-15-7-5-4-6-8-15/h4-8,16-17H,9-14H2,1-3H3. The topological polar surface area (TPSA) is 42.0 Å². The first-order valence-corrected chi connectivity index (χ1v) is 8.74. The lowest BCUT2D eigenvalue weighted by molar-refractivity contribution is 0.00791. The maximum atomic E-state index is 12.6. The van der Waals surface area contributed by atoms with Gasteiger partial charge in [-0.2, -0.15) is 0 Å². The molecule has 2 bridgehead atoms. The number of fused-ring (bicyclic) bond motifs is 3. The molecular weight excluding hydrogens is 304 g/mol. The SMILES string of the molecule is CC(C)(C)OC(=O)N1CC2COCC1CN(Cc1ccccc1)C2. The summed E-state index contributed by atoms with van der Waals surface area (Å²) in [6.45, 7) is 10.4. The fourth-order valence-corrected chi connectivity index (χ4v) is 3.45. The number of ether oxygens (including phenoxy) is 2. The first-order valence-electron chi connectivity index (χ1n) is 8.74. The summed E-state index contributed by atoms with van der Waals surface area (Å²) >= 11 is 0. The van der Waals surface area contributed by atoms with Gasteiger partial charge < -0.3 is 14.4 Å². The Morgan fingerprint density at radius 2 is 1.92 bits per heavy atom. The molecule has 5 nitrogen and oxygen atoms in total. The van der Waals surface area contributed by atoms with Crippen LogP contribution in [0.3, 0.4) is 0 Å². The molecule has 0 saturated carbocycles. The van der Waals surface area contributed by atoms with Crippen LogP contribution in [0.4, 0.5) is 4.79 Å². The highest BCUT2D eigenvalue weighted by Crippen LogP contribution is 2.23. The van der Waals surface area contributed by atoms with Crippen LogP contribution in [0.1, 0.15) is 26.3 Å². The Balaban J connectivity index is 1.71. The normalized spacial score (nSPS) is 25.2. The van der Waals surface area contributed by atoms with E-state index in [1.165, 1.54) is 5.56 Å². The van der Waals surface area contributed by atoms with Gasteiger partial charge in [-0.05, 0) is 26.3 Å². The molecular formula is C19H28N2O3. The second kappa shape index (κ2) is 7.11. The fourth-order valence-electron chi connectivity index (χ4n) is 3.45. The molecule has 3 rings (SSSR count). The lowest BCUT2D eigenvalue weighted by Crippen LogP contribution is -2.48. The van der Waals surface area contributed by atoms with Gasteiger partial charge in [0.1, 0.15) is 5.60 Å². The van der Waals surface area contributed by atoms with E-state index in [-0.39, 0.29) is 12.1 Å². The Morgan fingerprint density at radius 1 is 1.17 bits per heavy atom. The van der Waals surface area contributed by atoms with E-state index in [2.05, 4.69) is 29.2 Å². The van der Waals surface area contributed by atoms with Crippen LogP contribution in [0.25, 0.3) is 0 Å². The van der Waals surface area contributed by atoms with E-state index in [1.54, 1.807) is 0 Å². The molecule has 0 radical (unpaired) electrons. The first kappa shape index (κ1) is 17.2. The van der Waals surface area contributed by atoms with Gasteiger partial charge in [-0.3, -0.25) is 4.90 Å². The van der Waals surface area contributed by atoms with Crippen molar-refractivity contribution < 1.29 is 14.3 Å². The molecule has 24 heavy (non-hydrogen) atoms. The summed E-state index contributed by atoms with van der Waals surface area (Å²) in [6.07, 6.45) is -0.218. The summed E-state index contributed by atoms with van der Waals surface area (Å²) in [5.74, 6) is 0.328. The van der Waals surface area contributed by atoms with E-state index in [0.29, 0.717) is 25.7 Å². The molecule has 0 aromatic heterocycles.